The normalized spacial score (nSPS) is 24.7. The Hall–Kier alpha value is -0.610. The molecule has 0 radical (unpaired) electrons. The van der Waals surface area contributed by atoms with Crippen molar-refractivity contribution < 1.29 is 9.53 Å². The van der Waals surface area contributed by atoms with Crippen molar-refractivity contribution in [3.05, 3.63) is 0 Å². The van der Waals surface area contributed by atoms with Gasteiger partial charge in [-0.3, -0.25) is 4.79 Å². The van der Waals surface area contributed by atoms with E-state index in [1.54, 1.807) is 19.0 Å². The molecule has 1 unspecified atom stereocenters. The SMILES string of the molecule is CN(C)C(=O)C1CNCCCO1. The molecule has 12 heavy (non-hydrogen) atoms. The first-order chi connectivity index (χ1) is 5.72. The standard InChI is InChI=1S/C8H16N2O2/c1-10(2)8(11)7-6-9-4-3-5-12-7/h7,9H,3-6H2,1-2H3. The number of nitrogens with one attached hydrogen (secondary N) is 1. The number of carbonyl (C=O) groups excluding carboxylic acids is 1. The largest absolute Gasteiger partial charge is 0.367 e. The van der Waals surface area contributed by atoms with Gasteiger partial charge in [0, 0.05) is 27.2 Å². The molecular formula is C8H16N2O2. The average Bonchev–Trinajstić information content (AvgIpc) is 2.30. The molecule has 0 aromatic rings. The first kappa shape index (κ1) is 9.48. The number of hydrogen-bond acceptors (Lipinski definition) is 3. The van der Waals surface area contributed by atoms with Crippen LogP contribution < -0.4 is 5.32 Å². The third-order valence-corrected chi connectivity index (χ3v) is 1.86. The van der Waals surface area contributed by atoms with Crippen molar-refractivity contribution in [3.63, 3.8) is 0 Å². The lowest BCUT2D eigenvalue weighted by molar-refractivity contribution is -0.140. The lowest BCUT2D eigenvalue weighted by Gasteiger charge is -2.18. The highest BCUT2D eigenvalue weighted by Crippen LogP contribution is 2.00. The van der Waals surface area contributed by atoms with E-state index in [-0.39, 0.29) is 12.0 Å². The van der Waals surface area contributed by atoms with Crippen LogP contribution in [0.1, 0.15) is 6.42 Å². The lowest BCUT2D eigenvalue weighted by atomic mass is 10.3. The molecule has 1 atom stereocenters. The van der Waals surface area contributed by atoms with Crippen LogP contribution in [0.5, 0.6) is 0 Å². The molecule has 0 spiro atoms. The zero-order valence-corrected chi connectivity index (χ0v) is 7.67. The number of nitrogens with zero attached hydrogens (tertiary/aromatic N) is 1. The van der Waals surface area contributed by atoms with Crippen LogP contribution in [0.2, 0.25) is 0 Å². The van der Waals surface area contributed by atoms with E-state index in [1.807, 2.05) is 0 Å². The van der Waals surface area contributed by atoms with E-state index in [4.69, 9.17) is 4.74 Å². The fraction of sp³-hybridized carbons (Fsp3) is 0.875. The summed E-state index contributed by atoms with van der Waals surface area (Å²) in [5.41, 5.74) is 0. The predicted molar refractivity (Wildman–Crippen MR) is 45.9 cm³/mol. The number of ether oxygens (including phenoxy) is 1. The molecule has 1 aliphatic heterocycles. The van der Waals surface area contributed by atoms with Crippen LogP contribution in [-0.2, 0) is 9.53 Å². The molecule has 0 aromatic heterocycles. The Morgan fingerprint density at radius 1 is 1.58 bits per heavy atom. The third-order valence-electron chi connectivity index (χ3n) is 1.86. The number of hydrogen-bond donors (Lipinski definition) is 1. The maximum Gasteiger partial charge on any atom is 0.252 e. The fourth-order valence-electron chi connectivity index (χ4n) is 1.16. The molecule has 4 heteroatoms. The van der Waals surface area contributed by atoms with Gasteiger partial charge in [-0.25, -0.2) is 0 Å². The minimum Gasteiger partial charge on any atom is -0.367 e. The van der Waals surface area contributed by atoms with Gasteiger partial charge in [0.1, 0.15) is 6.10 Å². The van der Waals surface area contributed by atoms with Crippen LogP contribution >= 0.6 is 0 Å². The molecule has 0 aromatic carbocycles. The second-order valence-corrected chi connectivity index (χ2v) is 3.15. The monoisotopic (exact) mass is 172 g/mol. The fourth-order valence-corrected chi connectivity index (χ4v) is 1.16. The molecule has 1 saturated heterocycles. The molecule has 1 heterocycles. The number of carbonyl (C=O) groups is 1. The highest BCUT2D eigenvalue weighted by atomic mass is 16.5. The summed E-state index contributed by atoms with van der Waals surface area (Å²) < 4.78 is 5.37. The zero-order chi connectivity index (χ0) is 8.97. The maximum absolute atomic E-state index is 11.4. The smallest absolute Gasteiger partial charge is 0.252 e. The topological polar surface area (TPSA) is 41.6 Å². The Kier molecular flexibility index (Phi) is 3.49. The molecule has 1 N–H and O–H groups in total. The van der Waals surface area contributed by atoms with Crippen LogP contribution in [0.3, 0.4) is 0 Å². The van der Waals surface area contributed by atoms with E-state index in [0.29, 0.717) is 13.2 Å². The molecule has 1 fully saturated rings. The van der Waals surface area contributed by atoms with Gasteiger partial charge in [0.05, 0.1) is 0 Å². The molecule has 0 saturated carbocycles. The van der Waals surface area contributed by atoms with Gasteiger partial charge in [-0.1, -0.05) is 0 Å². The highest BCUT2D eigenvalue weighted by Gasteiger charge is 2.21. The van der Waals surface area contributed by atoms with E-state index in [1.165, 1.54) is 0 Å². The van der Waals surface area contributed by atoms with Crippen LogP contribution in [0.4, 0.5) is 0 Å². The summed E-state index contributed by atoms with van der Waals surface area (Å²) in [4.78, 5) is 13.0. The van der Waals surface area contributed by atoms with E-state index < -0.39 is 0 Å². The van der Waals surface area contributed by atoms with Gasteiger partial charge in [-0.15, -0.1) is 0 Å². The van der Waals surface area contributed by atoms with Gasteiger partial charge >= 0.3 is 0 Å². The van der Waals surface area contributed by atoms with Gasteiger partial charge < -0.3 is 15.0 Å². The number of amides is 1. The minimum absolute atomic E-state index is 0.0457. The third kappa shape index (κ3) is 2.46. The van der Waals surface area contributed by atoms with Gasteiger partial charge in [-0.05, 0) is 13.0 Å². The van der Waals surface area contributed by atoms with Crippen molar-refractivity contribution in [2.24, 2.45) is 0 Å². The first-order valence-corrected chi connectivity index (χ1v) is 4.25. The molecule has 1 aliphatic rings. The Morgan fingerprint density at radius 2 is 2.33 bits per heavy atom. The Balaban J connectivity index is 2.43. The predicted octanol–water partition coefficient (Wildman–Crippen LogP) is -0.547. The summed E-state index contributed by atoms with van der Waals surface area (Å²) in [5, 5.41) is 3.16. The van der Waals surface area contributed by atoms with E-state index in [9.17, 15) is 4.79 Å². The lowest BCUT2D eigenvalue weighted by Crippen LogP contribution is -2.40. The summed E-state index contributed by atoms with van der Waals surface area (Å²) in [5.74, 6) is 0.0457. The summed E-state index contributed by atoms with van der Waals surface area (Å²) in [6.45, 7) is 2.26. The Morgan fingerprint density at radius 3 is 3.00 bits per heavy atom. The molecule has 1 rings (SSSR count). The van der Waals surface area contributed by atoms with E-state index in [2.05, 4.69) is 5.32 Å². The van der Waals surface area contributed by atoms with Gasteiger partial charge in [-0.2, -0.15) is 0 Å². The molecule has 1 amide bonds. The number of likely N-dealkylation sites (N-methyl/N-ethyl adjacent to an activating group) is 1. The Bertz CT molecular complexity index is 151. The van der Waals surface area contributed by atoms with Crippen LogP contribution in [0.15, 0.2) is 0 Å². The second-order valence-electron chi connectivity index (χ2n) is 3.15. The molecule has 70 valence electrons. The van der Waals surface area contributed by atoms with Crippen molar-refractivity contribution in [1.82, 2.24) is 10.2 Å². The Labute approximate surface area is 72.9 Å². The van der Waals surface area contributed by atoms with E-state index in [0.717, 1.165) is 13.0 Å². The molecule has 0 bridgehead atoms. The quantitative estimate of drug-likeness (QED) is 0.577. The first-order valence-electron chi connectivity index (χ1n) is 4.25. The van der Waals surface area contributed by atoms with Crippen LogP contribution in [0, 0.1) is 0 Å². The zero-order valence-electron chi connectivity index (χ0n) is 7.67. The molecule has 0 aliphatic carbocycles. The summed E-state index contributed by atoms with van der Waals surface area (Å²) in [6, 6.07) is 0. The van der Waals surface area contributed by atoms with Gasteiger partial charge in [0.25, 0.3) is 5.91 Å². The van der Waals surface area contributed by atoms with Crippen molar-refractivity contribution >= 4 is 5.91 Å². The molecule has 4 nitrogen and oxygen atoms in total. The van der Waals surface area contributed by atoms with Gasteiger partial charge in [0.15, 0.2) is 0 Å². The van der Waals surface area contributed by atoms with Gasteiger partial charge in [0.2, 0.25) is 0 Å². The highest BCUT2D eigenvalue weighted by molar-refractivity contribution is 5.80. The summed E-state index contributed by atoms with van der Waals surface area (Å²) in [6.07, 6.45) is 0.694. The van der Waals surface area contributed by atoms with Crippen molar-refractivity contribution in [1.29, 1.82) is 0 Å². The molecular weight excluding hydrogens is 156 g/mol. The average molecular weight is 172 g/mol. The summed E-state index contributed by atoms with van der Waals surface area (Å²) >= 11 is 0. The minimum atomic E-state index is -0.289. The maximum atomic E-state index is 11.4. The van der Waals surface area contributed by atoms with Crippen LogP contribution in [0.25, 0.3) is 0 Å². The van der Waals surface area contributed by atoms with Crippen molar-refractivity contribution in [2.75, 3.05) is 33.8 Å². The van der Waals surface area contributed by atoms with E-state index >= 15 is 0 Å². The van der Waals surface area contributed by atoms with Crippen molar-refractivity contribution in [2.45, 2.75) is 12.5 Å². The van der Waals surface area contributed by atoms with Crippen molar-refractivity contribution in [3.8, 4) is 0 Å². The summed E-state index contributed by atoms with van der Waals surface area (Å²) in [7, 11) is 3.49. The number of rotatable bonds is 1. The second kappa shape index (κ2) is 4.42. The van der Waals surface area contributed by atoms with Crippen LogP contribution in [-0.4, -0.2) is 50.7 Å².